The molecule has 4 rings (SSSR count). The number of aromatic hydroxyl groups is 2. The molecule has 1 heterocycles. The highest BCUT2D eigenvalue weighted by Gasteiger charge is 2.19. The van der Waals surface area contributed by atoms with Gasteiger partial charge in [0, 0.05) is 22.5 Å². The van der Waals surface area contributed by atoms with Crippen LogP contribution in [0, 0.1) is 0 Å². The van der Waals surface area contributed by atoms with Gasteiger partial charge in [0.05, 0.1) is 0 Å². The standard InChI is InChI=1S/C20H15NO7/c22-15-8-14(19(24)13-4-2-1-3-12(13)15)20(25)26-9-18(23)21-11-5-6-16-17(7-11)28-10-27-16/h1-8,22,24H,9-10H2,(H,21,23). The van der Waals surface area contributed by atoms with Gasteiger partial charge in [0.25, 0.3) is 5.91 Å². The number of rotatable bonds is 4. The Hall–Kier alpha value is -3.94. The summed E-state index contributed by atoms with van der Waals surface area (Å²) in [6.07, 6.45) is 0. The largest absolute Gasteiger partial charge is 0.507 e. The van der Waals surface area contributed by atoms with Gasteiger partial charge in [0.2, 0.25) is 6.79 Å². The van der Waals surface area contributed by atoms with Crippen molar-refractivity contribution in [2.75, 3.05) is 18.7 Å². The monoisotopic (exact) mass is 381 g/mol. The maximum Gasteiger partial charge on any atom is 0.342 e. The fraction of sp³-hybridized carbons (Fsp3) is 0.100. The second kappa shape index (κ2) is 6.99. The van der Waals surface area contributed by atoms with Gasteiger partial charge >= 0.3 is 5.97 Å². The van der Waals surface area contributed by atoms with Crippen LogP contribution in [0.1, 0.15) is 10.4 Å². The van der Waals surface area contributed by atoms with Gasteiger partial charge in [-0.15, -0.1) is 0 Å². The van der Waals surface area contributed by atoms with E-state index in [4.69, 9.17) is 14.2 Å². The molecular weight excluding hydrogens is 366 g/mol. The first-order valence-corrected chi connectivity index (χ1v) is 8.33. The first kappa shape index (κ1) is 17.5. The molecule has 0 fully saturated rings. The molecule has 0 aliphatic carbocycles. The molecule has 28 heavy (non-hydrogen) atoms. The molecule has 0 aromatic heterocycles. The lowest BCUT2D eigenvalue weighted by atomic mass is 10.0. The Balaban J connectivity index is 1.43. The number of hydrogen-bond acceptors (Lipinski definition) is 7. The number of carbonyl (C=O) groups is 2. The molecule has 1 aliphatic heterocycles. The lowest BCUT2D eigenvalue weighted by Gasteiger charge is -2.10. The molecule has 1 aliphatic rings. The zero-order valence-electron chi connectivity index (χ0n) is 14.5. The summed E-state index contributed by atoms with van der Waals surface area (Å²) in [6, 6.07) is 12.5. The Morgan fingerprint density at radius 1 is 1.00 bits per heavy atom. The number of esters is 1. The highest BCUT2D eigenvalue weighted by molar-refractivity contribution is 6.04. The molecule has 3 N–H and O–H groups in total. The third-order valence-corrected chi connectivity index (χ3v) is 4.20. The second-order valence-corrected chi connectivity index (χ2v) is 6.03. The van der Waals surface area contributed by atoms with Gasteiger partial charge in [0.1, 0.15) is 17.1 Å². The third kappa shape index (κ3) is 3.23. The number of benzene rings is 3. The van der Waals surface area contributed by atoms with E-state index in [0.717, 1.165) is 6.07 Å². The molecule has 3 aromatic rings. The van der Waals surface area contributed by atoms with Crippen molar-refractivity contribution >= 4 is 28.3 Å². The van der Waals surface area contributed by atoms with E-state index in [0.29, 0.717) is 28.0 Å². The zero-order chi connectivity index (χ0) is 19.7. The molecule has 0 bridgehead atoms. The minimum Gasteiger partial charge on any atom is -0.507 e. The van der Waals surface area contributed by atoms with Gasteiger partial charge in [-0.2, -0.15) is 0 Å². The summed E-state index contributed by atoms with van der Waals surface area (Å²) in [7, 11) is 0. The fourth-order valence-corrected chi connectivity index (χ4v) is 2.88. The summed E-state index contributed by atoms with van der Waals surface area (Å²) >= 11 is 0. The number of fused-ring (bicyclic) bond motifs is 2. The van der Waals surface area contributed by atoms with Crippen LogP contribution < -0.4 is 14.8 Å². The lowest BCUT2D eigenvalue weighted by molar-refractivity contribution is -0.119. The van der Waals surface area contributed by atoms with Crippen LogP contribution in [0.25, 0.3) is 10.8 Å². The van der Waals surface area contributed by atoms with Crippen molar-refractivity contribution in [3.05, 3.63) is 54.1 Å². The summed E-state index contributed by atoms with van der Waals surface area (Å²) in [5.74, 6) is -0.918. The first-order chi connectivity index (χ1) is 13.5. The van der Waals surface area contributed by atoms with Crippen molar-refractivity contribution < 1.29 is 34.0 Å². The van der Waals surface area contributed by atoms with Crippen LogP contribution in [0.2, 0.25) is 0 Å². The molecule has 0 radical (unpaired) electrons. The van der Waals surface area contributed by atoms with Crippen LogP contribution in [-0.2, 0) is 9.53 Å². The average molecular weight is 381 g/mol. The van der Waals surface area contributed by atoms with Crippen molar-refractivity contribution in [3.8, 4) is 23.0 Å². The SMILES string of the molecule is O=C(COC(=O)c1cc(O)c2ccccc2c1O)Nc1ccc2c(c1)OCO2. The third-order valence-electron chi connectivity index (χ3n) is 4.20. The number of phenolic OH excluding ortho intramolecular Hbond substituents is 2. The minimum atomic E-state index is -0.931. The highest BCUT2D eigenvalue weighted by Crippen LogP contribution is 2.36. The van der Waals surface area contributed by atoms with E-state index >= 15 is 0 Å². The number of anilines is 1. The van der Waals surface area contributed by atoms with E-state index in [1.165, 1.54) is 0 Å². The molecular formula is C20H15NO7. The Morgan fingerprint density at radius 2 is 1.75 bits per heavy atom. The van der Waals surface area contributed by atoms with Crippen LogP contribution in [0.3, 0.4) is 0 Å². The lowest BCUT2D eigenvalue weighted by Crippen LogP contribution is -2.21. The Labute approximate surface area is 158 Å². The molecule has 0 spiro atoms. The molecule has 3 aromatic carbocycles. The highest BCUT2D eigenvalue weighted by atomic mass is 16.7. The van der Waals surface area contributed by atoms with Crippen LogP contribution in [0.15, 0.2) is 48.5 Å². The molecule has 0 saturated carbocycles. The maximum absolute atomic E-state index is 12.3. The number of hydrogen-bond donors (Lipinski definition) is 3. The van der Waals surface area contributed by atoms with Gasteiger partial charge < -0.3 is 29.7 Å². The molecule has 1 amide bonds. The van der Waals surface area contributed by atoms with Gasteiger partial charge in [0.15, 0.2) is 18.1 Å². The predicted octanol–water partition coefficient (Wildman–Crippen LogP) is 2.78. The van der Waals surface area contributed by atoms with Crippen LogP contribution >= 0.6 is 0 Å². The Morgan fingerprint density at radius 3 is 2.57 bits per heavy atom. The van der Waals surface area contributed by atoms with E-state index in [1.54, 1.807) is 42.5 Å². The van der Waals surface area contributed by atoms with Gasteiger partial charge in [-0.25, -0.2) is 4.79 Å². The molecule has 0 unspecified atom stereocenters. The number of carbonyl (C=O) groups excluding carboxylic acids is 2. The molecule has 0 atom stereocenters. The van der Waals surface area contributed by atoms with Crippen LogP contribution in [0.4, 0.5) is 5.69 Å². The fourth-order valence-electron chi connectivity index (χ4n) is 2.88. The zero-order valence-corrected chi connectivity index (χ0v) is 14.5. The predicted molar refractivity (Wildman–Crippen MR) is 98.8 cm³/mol. The summed E-state index contributed by atoms with van der Waals surface area (Å²) in [4.78, 5) is 24.3. The molecule has 0 saturated heterocycles. The van der Waals surface area contributed by atoms with E-state index in [9.17, 15) is 19.8 Å². The van der Waals surface area contributed by atoms with Crippen molar-refractivity contribution in [2.24, 2.45) is 0 Å². The van der Waals surface area contributed by atoms with Gasteiger partial charge in [-0.1, -0.05) is 24.3 Å². The van der Waals surface area contributed by atoms with Crippen molar-refractivity contribution in [1.82, 2.24) is 0 Å². The van der Waals surface area contributed by atoms with E-state index in [2.05, 4.69) is 5.32 Å². The van der Waals surface area contributed by atoms with Crippen molar-refractivity contribution in [2.45, 2.75) is 0 Å². The Kier molecular flexibility index (Phi) is 4.36. The quantitative estimate of drug-likeness (QED) is 0.470. The summed E-state index contributed by atoms with van der Waals surface area (Å²) < 4.78 is 15.4. The normalized spacial score (nSPS) is 12.0. The van der Waals surface area contributed by atoms with Crippen molar-refractivity contribution in [3.63, 3.8) is 0 Å². The molecule has 8 nitrogen and oxygen atoms in total. The number of amides is 1. The van der Waals surface area contributed by atoms with Gasteiger partial charge in [-0.3, -0.25) is 4.79 Å². The number of ether oxygens (including phenoxy) is 3. The molecule has 142 valence electrons. The first-order valence-electron chi connectivity index (χ1n) is 8.33. The minimum absolute atomic E-state index is 0.118. The van der Waals surface area contributed by atoms with E-state index in [-0.39, 0.29) is 23.9 Å². The van der Waals surface area contributed by atoms with Gasteiger partial charge in [-0.05, 0) is 18.2 Å². The van der Waals surface area contributed by atoms with E-state index < -0.39 is 18.5 Å². The maximum atomic E-state index is 12.3. The number of phenols is 2. The molecule has 8 heteroatoms. The second-order valence-electron chi connectivity index (χ2n) is 6.03. The number of nitrogens with one attached hydrogen (secondary N) is 1. The summed E-state index contributed by atoms with van der Waals surface area (Å²) in [5, 5.41) is 23.6. The summed E-state index contributed by atoms with van der Waals surface area (Å²) in [5.41, 5.74) is 0.226. The summed E-state index contributed by atoms with van der Waals surface area (Å²) in [6.45, 7) is -0.452. The topological polar surface area (TPSA) is 114 Å². The van der Waals surface area contributed by atoms with Crippen molar-refractivity contribution in [1.29, 1.82) is 0 Å². The van der Waals surface area contributed by atoms with E-state index in [1.807, 2.05) is 0 Å². The van der Waals surface area contributed by atoms with Crippen LogP contribution in [-0.4, -0.2) is 35.5 Å². The van der Waals surface area contributed by atoms with Crippen LogP contribution in [0.5, 0.6) is 23.0 Å². The Bertz CT molecular complexity index is 1090. The average Bonchev–Trinajstić information content (AvgIpc) is 3.17. The smallest absolute Gasteiger partial charge is 0.342 e.